The van der Waals surface area contributed by atoms with Crippen molar-refractivity contribution in [3.63, 3.8) is 0 Å². The summed E-state index contributed by atoms with van der Waals surface area (Å²) in [4.78, 5) is 33.9. The van der Waals surface area contributed by atoms with E-state index in [1.165, 1.54) is 0 Å². The molecule has 108 valence electrons. The molecule has 1 aromatic rings. The number of carbonyl (C=O) groups is 3. The Balaban J connectivity index is 2.75. The van der Waals surface area contributed by atoms with Crippen LogP contribution >= 0.6 is 0 Å². The number of hydrogen-bond acceptors (Lipinski definition) is 3. The van der Waals surface area contributed by atoms with Gasteiger partial charge >= 0.3 is 5.97 Å². The van der Waals surface area contributed by atoms with Crippen molar-refractivity contribution >= 4 is 17.7 Å². The minimum Gasteiger partial charge on any atom is -0.480 e. The Morgan fingerprint density at radius 1 is 1.10 bits per heavy atom. The molecule has 0 bridgehead atoms. The molecule has 0 aromatic heterocycles. The van der Waals surface area contributed by atoms with Crippen LogP contribution in [-0.2, 0) is 9.59 Å². The number of benzene rings is 1. The lowest BCUT2D eigenvalue weighted by Gasteiger charge is -2.12. The lowest BCUT2D eigenvalue weighted by Crippen LogP contribution is -2.32. The summed E-state index contributed by atoms with van der Waals surface area (Å²) in [7, 11) is 0. The number of carbonyl (C=O) groups excluding carboxylic acids is 2. The van der Waals surface area contributed by atoms with Crippen molar-refractivity contribution < 1.29 is 19.5 Å². The minimum absolute atomic E-state index is 0.0551. The van der Waals surface area contributed by atoms with Crippen molar-refractivity contribution in [1.29, 1.82) is 0 Å². The first-order chi connectivity index (χ1) is 9.32. The third-order valence-electron chi connectivity index (χ3n) is 3.03. The van der Waals surface area contributed by atoms with Crippen LogP contribution in [0.2, 0.25) is 0 Å². The number of hydrogen-bond donors (Lipinski definition) is 2. The van der Waals surface area contributed by atoms with E-state index >= 15 is 0 Å². The third-order valence-corrected chi connectivity index (χ3v) is 3.03. The lowest BCUT2D eigenvalue weighted by molar-refractivity contribution is -0.138. The van der Waals surface area contributed by atoms with E-state index in [4.69, 9.17) is 5.11 Å². The Morgan fingerprint density at radius 3 is 2.10 bits per heavy atom. The molecule has 1 amide bonds. The standard InChI is InChI=1S/C15H19NO4/c1-9(2)14(19)12-6-4-11(5-7-12)10(3)15(20)16-8-13(17)18/h4-7,9-10H,8H2,1-3H3,(H,16,20)(H,17,18). The molecule has 1 aromatic carbocycles. The number of rotatable bonds is 6. The fraction of sp³-hybridized carbons (Fsp3) is 0.400. The van der Waals surface area contributed by atoms with Crippen LogP contribution < -0.4 is 5.32 Å². The Hall–Kier alpha value is -2.17. The fourth-order valence-corrected chi connectivity index (χ4v) is 1.74. The molecule has 0 saturated carbocycles. The van der Waals surface area contributed by atoms with Crippen molar-refractivity contribution in [1.82, 2.24) is 5.32 Å². The normalized spacial score (nSPS) is 12.0. The third kappa shape index (κ3) is 4.19. The monoisotopic (exact) mass is 277 g/mol. The number of carboxylic acid groups (broad SMARTS) is 1. The number of aliphatic carboxylic acids is 1. The predicted molar refractivity (Wildman–Crippen MR) is 74.7 cm³/mol. The summed E-state index contributed by atoms with van der Waals surface area (Å²) in [6.45, 7) is 4.96. The van der Waals surface area contributed by atoms with E-state index in [-0.39, 0.29) is 17.6 Å². The average molecular weight is 277 g/mol. The molecule has 1 atom stereocenters. The van der Waals surface area contributed by atoms with Gasteiger partial charge in [-0.25, -0.2) is 0 Å². The SMILES string of the molecule is CC(C)C(=O)c1ccc(C(C)C(=O)NCC(=O)O)cc1. The molecule has 0 aliphatic heterocycles. The van der Waals surface area contributed by atoms with Crippen LogP contribution in [0, 0.1) is 5.92 Å². The fourth-order valence-electron chi connectivity index (χ4n) is 1.74. The maximum atomic E-state index is 11.8. The topological polar surface area (TPSA) is 83.5 Å². The average Bonchev–Trinajstić information content (AvgIpc) is 2.43. The van der Waals surface area contributed by atoms with Gasteiger partial charge in [-0.15, -0.1) is 0 Å². The van der Waals surface area contributed by atoms with Crippen LogP contribution in [-0.4, -0.2) is 29.3 Å². The van der Waals surface area contributed by atoms with Crippen LogP contribution in [0.1, 0.15) is 42.6 Å². The molecule has 0 fully saturated rings. The van der Waals surface area contributed by atoms with Gasteiger partial charge < -0.3 is 10.4 Å². The minimum atomic E-state index is -1.08. The molecule has 0 spiro atoms. The van der Waals surface area contributed by atoms with Gasteiger partial charge in [-0.1, -0.05) is 38.1 Å². The summed E-state index contributed by atoms with van der Waals surface area (Å²) < 4.78 is 0. The van der Waals surface area contributed by atoms with E-state index in [1.54, 1.807) is 31.2 Å². The molecule has 0 aliphatic carbocycles. The number of ketones is 1. The highest BCUT2D eigenvalue weighted by Crippen LogP contribution is 2.17. The van der Waals surface area contributed by atoms with Gasteiger partial charge in [-0.05, 0) is 12.5 Å². The molecule has 0 saturated heterocycles. The summed E-state index contributed by atoms with van der Waals surface area (Å²) in [6, 6.07) is 6.83. The lowest BCUT2D eigenvalue weighted by atomic mass is 9.95. The van der Waals surface area contributed by atoms with Gasteiger partial charge in [-0.2, -0.15) is 0 Å². The predicted octanol–water partition coefficient (Wildman–Crippen LogP) is 1.83. The summed E-state index contributed by atoms with van der Waals surface area (Å²) >= 11 is 0. The second-order valence-corrected chi connectivity index (χ2v) is 4.97. The zero-order valence-electron chi connectivity index (χ0n) is 11.8. The summed E-state index contributed by atoms with van der Waals surface area (Å²) in [5.41, 5.74) is 1.36. The highest BCUT2D eigenvalue weighted by Gasteiger charge is 2.17. The first kappa shape index (κ1) is 15.9. The second-order valence-electron chi connectivity index (χ2n) is 4.97. The first-order valence-corrected chi connectivity index (χ1v) is 6.46. The van der Waals surface area contributed by atoms with E-state index in [1.807, 2.05) is 13.8 Å². The summed E-state index contributed by atoms with van der Waals surface area (Å²) in [6.07, 6.45) is 0. The maximum absolute atomic E-state index is 11.8. The first-order valence-electron chi connectivity index (χ1n) is 6.46. The van der Waals surface area contributed by atoms with Gasteiger partial charge in [0.25, 0.3) is 0 Å². The van der Waals surface area contributed by atoms with Crippen molar-refractivity contribution in [2.24, 2.45) is 5.92 Å². The van der Waals surface area contributed by atoms with Crippen LogP contribution in [0.3, 0.4) is 0 Å². The van der Waals surface area contributed by atoms with E-state index in [9.17, 15) is 14.4 Å². The molecular formula is C15H19NO4. The Morgan fingerprint density at radius 2 is 1.65 bits per heavy atom. The number of carboxylic acids is 1. The summed E-state index contributed by atoms with van der Waals surface area (Å²) in [5, 5.41) is 10.8. The molecular weight excluding hydrogens is 258 g/mol. The quantitative estimate of drug-likeness (QED) is 0.777. The maximum Gasteiger partial charge on any atom is 0.322 e. The van der Waals surface area contributed by atoms with Gasteiger partial charge in [0.15, 0.2) is 5.78 Å². The molecule has 5 heteroatoms. The smallest absolute Gasteiger partial charge is 0.322 e. The van der Waals surface area contributed by atoms with Crippen molar-refractivity contribution in [2.45, 2.75) is 26.7 Å². The Kier molecular flexibility index (Phi) is 5.43. The van der Waals surface area contributed by atoms with Crippen molar-refractivity contribution in [2.75, 3.05) is 6.54 Å². The van der Waals surface area contributed by atoms with Crippen LogP contribution in [0.25, 0.3) is 0 Å². The van der Waals surface area contributed by atoms with Crippen molar-refractivity contribution in [3.8, 4) is 0 Å². The number of amides is 1. The van der Waals surface area contributed by atoms with E-state index in [0.717, 1.165) is 5.56 Å². The van der Waals surface area contributed by atoms with Gasteiger partial charge in [0, 0.05) is 11.5 Å². The highest BCUT2D eigenvalue weighted by molar-refractivity contribution is 5.97. The summed E-state index contributed by atoms with van der Waals surface area (Å²) in [5.74, 6) is -1.91. The molecule has 0 heterocycles. The number of Topliss-reactive ketones (excluding diaryl/α,β-unsaturated/α-hetero) is 1. The van der Waals surface area contributed by atoms with E-state index in [0.29, 0.717) is 5.56 Å². The molecule has 1 rings (SSSR count). The molecule has 5 nitrogen and oxygen atoms in total. The molecule has 1 unspecified atom stereocenters. The largest absolute Gasteiger partial charge is 0.480 e. The van der Waals surface area contributed by atoms with Gasteiger partial charge in [0.2, 0.25) is 5.91 Å². The van der Waals surface area contributed by atoms with Crippen LogP contribution in [0.5, 0.6) is 0 Å². The van der Waals surface area contributed by atoms with E-state index < -0.39 is 18.4 Å². The Labute approximate surface area is 118 Å². The number of nitrogens with one attached hydrogen (secondary N) is 1. The molecule has 20 heavy (non-hydrogen) atoms. The van der Waals surface area contributed by atoms with Crippen LogP contribution in [0.4, 0.5) is 0 Å². The van der Waals surface area contributed by atoms with Gasteiger partial charge in [0.05, 0.1) is 5.92 Å². The molecule has 0 aliphatic rings. The van der Waals surface area contributed by atoms with Gasteiger partial charge in [0.1, 0.15) is 6.54 Å². The highest BCUT2D eigenvalue weighted by atomic mass is 16.4. The van der Waals surface area contributed by atoms with Crippen LogP contribution in [0.15, 0.2) is 24.3 Å². The molecule has 2 N–H and O–H groups in total. The molecule has 0 radical (unpaired) electrons. The van der Waals surface area contributed by atoms with E-state index in [2.05, 4.69) is 5.32 Å². The Bertz CT molecular complexity index is 505. The second kappa shape index (κ2) is 6.84. The zero-order chi connectivity index (χ0) is 15.3. The van der Waals surface area contributed by atoms with Crippen molar-refractivity contribution in [3.05, 3.63) is 35.4 Å². The van der Waals surface area contributed by atoms with Gasteiger partial charge in [-0.3, -0.25) is 14.4 Å². The zero-order valence-corrected chi connectivity index (χ0v) is 11.8.